The van der Waals surface area contributed by atoms with Crippen LogP contribution >= 0.6 is 11.6 Å². The summed E-state index contributed by atoms with van der Waals surface area (Å²) < 4.78 is 3.49. The minimum Gasteiger partial charge on any atom is -0.324 e. The molecule has 8 nitrogen and oxygen atoms in total. The molecule has 9 heteroatoms. The monoisotopic (exact) mass is 375 g/mol. The van der Waals surface area contributed by atoms with Gasteiger partial charge in [-0.15, -0.1) is 0 Å². The summed E-state index contributed by atoms with van der Waals surface area (Å²) in [4.78, 5) is 41.0. The summed E-state index contributed by atoms with van der Waals surface area (Å²) in [7, 11) is 2.86. The number of nitrogens with one attached hydrogen (secondary N) is 1. The Kier molecular flexibility index (Phi) is 4.69. The fraction of sp³-hybridized carbons (Fsp3) is 0.294. The number of rotatable bonds is 4. The number of para-hydroxylation sites is 1. The van der Waals surface area contributed by atoms with Crippen LogP contribution in [0.5, 0.6) is 0 Å². The minimum absolute atomic E-state index is 0.0303. The first-order chi connectivity index (χ1) is 12.3. The number of halogens is 1. The zero-order valence-corrected chi connectivity index (χ0v) is 15.4. The fourth-order valence-electron chi connectivity index (χ4n) is 2.85. The van der Waals surface area contributed by atoms with Gasteiger partial charge in [-0.05, 0) is 29.7 Å². The van der Waals surface area contributed by atoms with E-state index >= 15 is 0 Å². The SMILES string of the molecule is CCc1ccccc1NC(=O)Cn1c(Cl)nc2c1c(=O)n(C)c(=O)n2C. The zero-order chi connectivity index (χ0) is 19.0. The first-order valence-electron chi connectivity index (χ1n) is 8.04. The van der Waals surface area contributed by atoms with E-state index in [9.17, 15) is 14.4 Å². The first-order valence-corrected chi connectivity index (χ1v) is 8.42. The number of amides is 1. The van der Waals surface area contributed by atoms with Crippen molar-refractivity contribution in [2.45, 2.75) is 19.9 Å². The highest BCUT2D eigenvalue weighted by molar-refractivity contribution is 6.29. The Bertz CT molecular complexity index is 1130. The van der Waals surface area contributed by atoms with E-state index in [1.165, 1.54) is 23.2 Å². The van der Waals surface area contributed by atoms with Crippen LogP contribution < -0.4 is 16.6 Å². The predicted molar refractivity (Wildman–Crippen MR) is 99.7 cm³/mol. The number of aromatic nitrogens is 4. The lowest BCUT2D eigenvalue weighted by atomic mass is 10.1. The van der Waals surface area contributed by atoms with Crippen molar-refractivity contribution >= 4 is 34.4 Å². The van der Waals surface area contributed by atoms with E-state index in [-0.39, 0.29) is 28.9 Å². The van der Waals surface area contributed by atoms with E-state index in [2.05, 4.69) is 10.3 Å². The number of benzene rings is 1. The highest BCUT2D eigenvalue weighted by Crippen LogP contribution is 2.18. The number of nitrogens with zero attached hydrogens (tertiary/aromatic N) is 4. The van der Waals surface area contributed by atoms with Gasteiger partial charge in [0.25, 0.3) is 5.56 Å². The molecule has 2 heterocycles. The lowest BCUT2D eigenvalue weighted by Gasteiger charge is -2.11. The van der Waals surface area contributed by atoms with Gasteiger partial charge in [0.15, 0.2) is 11.2 Å². The van der Waals surface area contributed by atoms with Crippen molar-refractivity contribution in [3.8, 4) is 0 Å². The van der Waals surface area contributed by atoms with Gasteiger partial charge in [0.2, 0.25) is 11.2 Å². The summed E-state index contributed by atoms with van der Waals surface area (Å²) in [6.07, 6.45) is 0.772. The van der Waals surface area contributed by atoms with Gasteiger partial charge in [0, 0.05) is 19.8 Å². The lowest BCUT2D eigenvalue weighted by Crippen LogP contribution is -2.37. The predicted octanol–water partition coefficient (Wildman–Crippen LogP) is 1.29. The number of carbonyl (C=O) groups excluding carboxylic acids is 1. The summed E-state index contributed by atoms with van der Waals surface area (Å²) in [6, 6.07) is 7.48. The summed E-state index contributed by atoms with van der Waals surface area (Å²) in [5.74, 6) is -0.344. The molecule has 0 fully saturated rings. The second kappa shape index (κ2) is 6.80. The third-order valence-corrected chi connectivity index (χ3v) is 4.56. The van der Waals surface area contributed by atoms with Crippen LogP contribution in [0, 0.1) is 0 Å². The van der Waals surface area contributed by atoms with Gasteiger partial charge < -0.3 is 5.32 Å². The quantitative estimate of drug-likeness (QED) is 0.695. The van der Waals surface area contributed by atoms with Crippen molar-refractivity contribution in [3.05, 3.63) is 56.0 Å². The molecule has 1 aromatic carbocycles. The number of hydrogen-bond donors (Lipinski definition) is 1. The van der Waals surface area contributed by atoms with E-state index in [4.69, 9.17) is 11.6 Å². The summed E-state index contributed by atoms with van der Waals surface area (Å²) in [6.45, 7) is 1.80. The Balaban J connectivity index is 2.02. The Morgan fingerprint density at radius 3 is 2.58 bits per heavy atom. The smallest absolute Gasteiger partial charge is 0.324 e. The van der Waals surface area contributed by atoms with Gasteiger partial charge in [-0.25, -0.2) is 4.79 Å². The maximum Gasteiger partial charge on any atom is 0.332 e. The van der Waals surface area contributed by atoms with Gasteiger partial charge in [-0.2, -0.15) is 4.98 Å². The fourth-order valence-corrected chi connectivity index (χ4v) is 3.07. The molecule has 0 aliphatic heterocycles. The molecule has 0 saturated carbocycles. The Morgan fingerprint density at radius 1 is 1.19 bits per heavy atom. The van der Waals surface area contributed by atoms with Crippen molar-refractivity contribution in [1.29, 1.82) is 0 Å². The molecule has 2 aromatic heterocycles. The molecule has 136 valence electrons. The average Bonchev–Trinajstić information content (AvgIpc) is 2.95. The molecular weight excluding hydrogens is 358 g/mol. The summed E-state index contributed by atoms with van der Waals surface area (Å²) in [5, 5.41) is 2.80. The molecule has 0 radical (unpaired) electrons. The molecule has 0 atom stereocenters. The molecule has 1 N–H and O–H groups in total. The van der Waals surface area contributed by atoms with E-state index in [0.29, 0.717) is 5.69 Å². The van der Waals surface area contributed by atoms with Crippen LogP contribution in [-0.4, -0.2) is 24.6 Å². The van der Waals surface area contributed by atoms with Gasteiger partial charge in [-0.3, -0.25) is 23.3 Å². The number of hydrogen-bond acceptors (Lipinski definition) is 4. The average molecular weight is 376 g/mol. The minimum atomic E-state index is -0.552. The van der Waals surface area contributed by atoms with Crippen molar-refractivity contribution in [3.63, 3.8) is 0 Å². The standard InChI is InChI=1S/C17H18ClN5O3/c1-4-10-7-5-6-8-11(10)19-12(24)9-23-13-14(20-16(23)18)21(2)17(26)22(3)15(13)25/h5-8H,4,9H2,1-3H3,(H,19,24). The van der Waals surface area contributed by atoms with Crippen molar-refractivity contribution in [1.82, 2.24) is 18.7 Å². The second-order valence-electron chi connectivity index (χ2n) is 5.90. The Labute approximate surface area is 153 Å². The van der Waals surface area contributed by atoms with Crippen LogP contribution in [0.2, 0.25) is 5.28 Å². The molecular formula is C17H18ClN5O3. The maximum absolute atomic E-state index is 12.5. The van der Waals surface area contributed by atoms with E-state index in [1.54, 1.807) is 0 Å². The third kappa shape index (κ3) is 2.92. The van der Waals surface area contributed by atoms with Gasteiger partial charge >= 0.3 is 5.69 Å². The normalized spacial score (nSPS) is 11.1. The van der Waals surface area contributed by atoms with Gasteiger partial charge in [0.1, 0.15) is 6.54 Å². The number of fused-ring (bicyclic) bond motifs is 1. The molecule has 0 spiro atoms. The molecule has 0 aliphatic rings. The molecule has 3 aromatic rings. The number of anilines is 1. The van der Waals surface area contributed by atoms with Crippen LogP contribution in [0.4, 0.5) is 5.69 Å². The van der Waals surface area contributed by atoms with Crippen LogP contribution in [0.15, 0.2) is 33.9 Å². The van der Waals surface area contributed by atoms with Crippen LogP contribution in [0.3, 0.4) is 0 Å². The number of imidazole rings is 1. The maximum atomic E-state index is 12.5. The Morgan fingerprint density at radius 2 is 1.88 bits per heavy atom. The highest BCUT2D eigenvalue weighted by atomic mass is 35.5. The lowest BCUT2D eigenvalue weighted by molar-refractivity contribution is -0.116. The molecule has 0 saturated heterocycles. The molecule has 3 rings (SSSR count). The van der Waals surface area contributed by atoms with Crippen LogP contribution in [-0.2, 0) is 31.9 Å². The van der Waals surface area contributed by atoms with E-state index < -0.39 is 11.2 Å². The van der Waals surface area contributed by atoms with Crippen molar-refractivity contribution in [2.24, 2.45) is 14.1 Å². The first kappa shape index (κ1) is 17.9. The van der Waals surface area contributed by atoms with Gasteiger partial charge in [-0.1, -0.05) is 25.1 Å². The molecule has 26 heavy (non-hydrogen) atoms. The van der Waals surface area contributed by atoms with Crippen LogP contribution in [0.25, 0.3) is 11.2 Å². The molecule has 0 unspecified atom stereocenters. The van der Waals surface area contributed by atoms with Crippen molar-refractivity contribution < 1.29 is 4.79 Å². The largest absolute Gasteiger partial charge is 0.332 e. The molecule has 0 aliphatic carbocycles. The topological polar surface area (TPSA) is 90.9 Å². The van der Waals surface area contributed by atoms with Gasteiger partial charge in [0.05, 0.1) is 0 Å². The second-order valence-corrected chi connectivity index (χ2v) is 6.24. The molecule has 0 bridgehead atoms. The summed E-state index contributed by atoms with van der Waals surface area (Å²) in [5.41, 5.74) is 0.902. The number of aryl methyl sites for hydroxylation is 2. The highest BCUT2D eigenvalue weighted by Gasteiger charge is 2.20. The zero-order valence-electron chi connectivity index (χ0n) is 14.6. The third-order valence-electron chi connectivity index (χ3n) is 4.28. The van der Waals surface area contributed by atoms with E-state index in [0.717, 1.165) is 16.6 Å². The van der Waals surface area contributed by atoms with E-state index in [1.807, 2.05) is 31.2 Å². The molecule has 1 amide bonds. The number of carbonyl (C=O) groups is 1. The summed E-state index contributed by atoms with van der Waals surface area (Å²) >= 11 is 6.13. The Hall–Kier alpha value is -2.87. The van der Waals surface area contributed by atoms with Crippen LogP contribution in [0.1, 0.15) is 12.5 Å². The van der Waals surface area contributed by atoms with Crippen molar-refractivity contribution in [2.75, 3.05) is 5.32 Å².